The second-order valence-corrected chi connectivity index (χ2v) is 4.38. The molecule has 0 amide bonds. The molecule has 0 aromatic carbocycles. The molecule has 1 atom stereocenters. The smallest absolute Gasteiger partial charge is 0.0462 e. The topological polar surface area (TPSA) is 24.5 Å². The molecule has 0 spiro atoms. The first-order chi connectivity index (χ1) is 7.38. The van der Waals surface area contributed by atoms with E-state index in [-0.39, 0.29) is 0 Å². The zero-order chi connectivity index (χ0) is 10.9. The minimum Gasteiger partial charge on any atom is -0.385 e. The summed E-state index contributed by atoms with van der Waals surface area (Å²) in [5.74, 6) is 0. The average molecular weight is 214 g/mol. The van der Waals surface area contributed by atoms with Gasteiger partial charge in [-0.05, 0) is 45.3 Å². The highest BCUT2D eigenvalue weighted by Gasteiger charge is 2.20. The van der Waals surface area contributed by atoms with Crippen LogP contribution < -0.4 is 5.32 Å². The molecule has 90 valence electrons. The van der Waals surface area contributed by atoms with E-state index in [9.17, 15) is 0 Å². The molecule has 3 heteroatoms. The van der Waals surface area contributed by atoms with E-state index in [2.05, 4.69) is 17.1 Å². The van der Waals surface area contributed by atoms with Crippen LogP contribution in [0.15, 0.2) is 0 Å². The van der Waals surface area contributed by atoms with Crippen molar-refractivity contribution < 1.29 is 4.74 Å². The highest BCUT2D eigenvalue weighted by atomic mass is 16.5. The minimum absolute atomic E-state index is 0.785. The van der Waals surface area contributed by atoms with Crippen molar-refractivity contribution in [3.63, 3.8) is 0 Å². The molecule has 1 rings (SSSR count). The maximum absolute atomic E-state index is 5.08. The summed E-state index contributed by atoms with van der Waals surface area (Å²) in [4.78, 5) is 2.65. The van der Waals surface area contributed by atoms with Crippen molar-refractivity contribution in [2.75, 3.05) is 39.9 Å². The van der Waals surface area contributed by atoms with Crippen LogP contribution in [-0.4, -0.2) is 50.8 Å². The lowest BCUT2D eigenvalue weighted by Crippen LogP contribution is -2.38. The molecule has 1 fully saturated rings. The molecule has 0 bridgehead atoms. The highest BCUT2D eigenvalue weighted by molar-refractivity contribution is 4.80. The summed E-state index contributed by atoms with van der Waals surface area (Å²) in [6.07, 6.45) is 5.05. The molecule has 1 aliphatic heterocycles. The zero-order valence-corrected chi connectivity index (χ0v) is 10.3. The van der Waals surface area contributed by atoms with Crippen LogP contribution in [0.3, 0.4) is 0 Å². The monoisotopic (exact) mass is 214 g/mol. The van der Waals surface area contributed by atoms with Gasteiger partial charge < -0.3 is 10.1 Å². The molecule has 0 saturated carbocycles. The van der Waals surface area contributed by atoms with E-state index in [1.807, 2.05) is 0 Å². The maximum Gasteiger partial charge on any atom is 0.0462 e. The molecular weight excluding hydrogens is 188 g/mol. The number of unbranched alkanes of at least 4 members (excludes halogenated alkanes) is 1. The molecule has 0 aliphatic carbocycles. The predicted molar refractivity (Wildman–Crippen MR) is 64.2 cm³/mol. The van der Waals surface area contributed by atoms with Gasteiger partial charge in [0.05, 0.1) is 0 Å². The predicted octanol–water partition coefficient (Wildman–Crippen LogP) is 1.49. The van der Waals surface area contributed by atoms with E-state index >= 15 is 0 Å². The van der Waals surface area contributed by atoms with Crippen LogP contribution in [0.1, 0.15) is 32.6 Å². The Labute approximate surface area is 94.2 Å². The van der Waals surface area contributed by atoms with E-state index in [1.54, 1.807) is 7.11 Å². The Kier molecular flexibility index (Phi) is 6.98. The summed E-state index contributed by atoms with van der Waals surface area (Å²) in [7, 11) is 1.78. The SMILES string of the molecule is CCCN(CCCCOC)C1CCNC1. The molecule has 1 heterocycles. The van der Waals surface area contributed by atoms with Gasteiger partial charge in [0.2, 0.25) is 0 Å². The van der Waals surface area contributed by atoms with Gasteiger partial charge in [-0.1, -0.05) is 6.92 Å². The quantitative estimate of drug-likeness (QED) is 0.620. The van der Waals surface area contributed by atoms with E-state index in [4.69, 9.17) is 4.74 Å². The molecule has 0 aromatic rings. The molecule has 0 aromatic heterocycles. The Morgan fingerprint density at radius 2 is 2.20 bits per heavy atom. The van der Waals surface area contributed by atoms with E-state index in [0.29, 0.717) is 0 Å². The number of rotatable bonds is 8. The fourth-order valence-corrected chi connectivity index (χ4v) is 2.28. The Bertz CT molecular complexity index is 147. The van der Waals surface area contributed by atoms with Crippen molar-refractivity contribution in [1.82, 2.24) is 10.2 Å². The number of nitrogens with zero attached hydrogens (tertiary/aromatic N) is 1. The van der Waals surface area contributed by atoms with Gasteiger partial charge in [0.15, 0.2) is 0 Å². The Morgan fingerprint density at radius 1 is 1.33 bits per heavy atom. The molecule has 0 radical (unpaired) electrons. The Morgan fingerprint density at radius 3 is 2.80 bits per heavy atom. The van der Waals surface area contributed by atoms with E-state index < -0.39 is 0 Å². The van der Waals surface area contributed by atoms with Crippen molar-refractivity contribution in [2.24, 2.45) is 0 Å². The second kappa shape index (κ2) is 8.08. The van der Waals surface area contributed by atoms with Gasteiger partial charge in [-0.15, -0.1) is 0 Å². The highest BCUT2D eigenvalue weighted by Crippen LogP contribution is 2.10. The summed E-state index contributed by atoms with van der Waals surface area (Å²) >= 11 is 0. The fourth-order valence-electron chi connectivity index (χ4n) is 2.28. The number of nitrogens with one attached hydrogen (secondary N) is 1. The van der Waals surface area contributed by atoms with Crippen LogP contribution in [0.4, 0.5) is 0 Å². The van der Waals surface area contributed by atoms with Gasteiger partial charge in [0.1, 0.15) is 0 Å². The molecule has 1 unspecified atom stereocenters. The molecule has 15 heavy (non-hydrogen) atoms. The van der Waals surface area contributed by atoms with Crippen molar-refractivity contribution >= 4 is 0 Å². The lowest BCUT2D eigenvalue weighted by molar-refractivity contribution is 0.170. The minimum atomic E-state index is 0.785. The normalized spacial score (nSPS) is 21.4. The van der Waals surface area contributed by atoms with Crippen molar-refractivity contribution in [3.05, 3.63) is 0 Å². The van der Waals surface area contributed by atoms with Crippen LogP contribution in [0.25, 0.3) is 0 Å². The fraction of sp³-hybridized carbons (Fsp3) is 1.00. The molecule has 1 N–H and O–H groups in total. The van der Waals surface area contributed by atoms with Gasteiger partial charge in [0, 0.05) is 26.3 Å². The van der Waals surface area contributed by atoms with Gasteiger partial charge in [0.25, 0.3) is 0 Å². The van der Waals surface area contributed by atoms with Crippen molar-refractivity contribution in [1.29, 1.82) is 0 Å². The third kappa shape index (κ3) is 4.96. The number of hydrogen-bond donors (Lipinski definition) is 1. The molecule has 1 saturated heterocycles. The molecule has 1 aliphatic rings. The van der Waals surface area contributed by atoms with Gasteiger partial charge >= 0.3 is 0 Å². The van der Waals surface area contributed by atoms with E-state index in [0.717, 1.165) is 12.6 Å². The standard InChI is InChI=1S/C12H26N2O/c1-3-8-14(9-4-5-10-15-2)12-6-7-13-11-12/h12-13H,3-11H2,1-2H3. The summed E-state index contributed by atoms with van der Waals surface area (Å²) in [6, 6.07) is 0.785. The first-order valence-corrected chi connectivity index (χ1v) is 6.32. The first kappa shape index (κ1) is 12.9. The Balaban J connectivity index is 2.17. The number of methoxy groups -OCH3 is 1. The third-order valence-electron chi connectivity index (χ3n) is 3.11. The summed E-state index contributed by atoms with van der Waals surface area (Å²) in [5.41, 5.74) is 0. The summed E-state index contributed by atoms with van der Waals surface area (Å²) in [5, 5.41) is 3.45. The average Bonchev–Trinajstić information content (AvgIpc) is 2.76. The van der Waals surface area contributed by atoms with Crippen LogP contribution in [0.2, 0.25) is 0 Å². The summed E-state index contributed by atoms with van der Waals surface area (Å²) < 4.78 is 5.08. The van der Waals surface area contributed by atoms with Gasteiger partial charge in [-0.3, -0.25) is 4.90 Å². The largest absolute Gasteiger partial charge is 0.385 e. The lowest BCUT2D eigenvalue weighted by Gasteiger charge is -2.27. The third-order valence-corrected chi connectivity index (χ3v) is 3.11. The van der Waals surface area contributed by atoms with Gasteiger partial charge in [-0.2, -0.15) is 0 Å². The van der Waals surface area contributed by atoms with Crippen LogP contribution >= 0.6 is 0 Å². The van der Waals surface area contributed by atoms with E-state index in [1.165, 1.54) is 51.9 Å². The molecular formula is C12H26N2O. The van der Waals surface area contributed by atoms with Crippen LogP contribution in [-0.2, 0) is 4.74 Å². The van der Waals surface area contributed by atoms with Crippen molar-refractivity contribution in [3.8, 4) is 0 Å². The second-order valence-electron chi connectivity index (χ2n) is 4.38. The van der Waals surface area contributed by atoms with Crippen LogP contribution in [0.5, 0.6) is 0 Å². The van der Waals surface area contributed by atoms with Crippen molar-refractivity contribution in [2.45, 2.75) is 38.6 Å². The van der Waals surface area contributed by atoms with Gasteiger partial charge in [-0.25, -0.2) is 0 Å². The first-order valence-electron chi connectivity index (χ1n) is 6.32. The maximum atomic E-state index is 5.08. The lowest BCUT2D eigenvalue weighted by atomic mass is 10.2. The number of hydrogen-bond acceptors (Lipinski definition) is 3. The number of ether oxygens (including phenoxy) is 1. The summed E-state index contributed by atoms with van der Waals surface area (Å²) in [6.45, 7) is 8.05. The Hall–Kier alpha value is -0.120. The van der Waals surface area contributed by atoms with Crippen LogP contribution in [0, 0.1) is 0 Å². The molecule has 3 nitrogen and oxygen atoms in total. The zero-order valence-electron chi connectivity index (χ0n) is 10.3.